The van der Waals surface area contributed by atoms with Gasteiger partial charge in [0.05, 0.1) is 13.2 Å². The van der Waals surface area contributed by atoms with Gasteiger partial charge in [-0.05, 0) is 6.07 Å². The zero-order valence-corrected chi connectivity index (χ0v) is 9.67. The van der Waals surface area contributed by atoms with Gasteiger partial charge in [-0.1, -0.05) is 17.7 Å². The van der Waals surface area contributed by atoms with Gasteiger partial charge in [0.15, 0.2) is 0 Å². The van der Waals surface area contributed by atoms with E-state index in [1.54, 1.807) is 12.1 Å². The molecule has 1 aromatic rings. The molecule has 0 spiro atoms. The van der Waals surface area contributed by atoms with E-state index < -0.39 is 12.7 Å². The summed E-state index contributed by atoms with van der Waals surface area (Å²) in [6.45, 7) is -1.48. The van der Waals surface area contributed by atoms with Gasteiger partial charge in [-0.25, -0.2) is 4.98 Å². The lowest BCUT2D eigenvalue weighted by molar-refractivity contribution is -0.147. The Morgan fingerprint density at radius 1 is 1.41 bits per heavy atom. The summed E-state index contributed by atoms with van der Waals surface area (Å²) in [4.78, 5) is 4.86. The van der Waals surface area contributed by atoms with Crippen LogP contribution in [0.3, 0.4) is 0 Å². The van der Waals surface area contributed by atoms with E-state index in [0.29, 0.717) is 5.56 Å². The summed E-state index contributed by atoms with van der Waals surface area (Å²) in [5, 5.41) is 8.90. The number of aliphatic hydroxyl groups excluding tert-OH is 1. The third-order valence-electron chi connectivity index (χ3n) is 2.05. The van der Waals surface area contributed by atoms with Crippen LogP contribution >= 0.6 is 11.6 Å². The second kappa shape index (κ2) is 6.18. The van der Waals surface area contributed by atoms with Crippen molar-refractivity contribution in [2.75, 3.05) is 19.7 Å². The monoisotopic (exact) mass is 268 g/mol. The topological polar surface area (TPSA) is 36.4 Å². The first-order valence-corrected chi connectivity index (χ1v) is 5.29. The molecule has 1 N–H and O–H groups in total. The van der Waals surface area contributed by atoms with Gasteiger partial charge in [0.1, 0.15) is 5.15 Å². The van der Waals surface area contributed by atoms with Gasteiger partial charge < -0.3 is 5.11 Å². The number of aromatic nitrogens is 1. The van der Waals surface area contributed by atoms with E-state index in [1.807, 2.05) is 0 Å². The number of rotatable bonds is 5. The summed E-state index contributed by atoms with van der Waals surface area (Å²) in [6, 6.07) is 3.21. The van der Waals surface area contributed by atoms with Crippen LogP contribution in [0.4, 0.5) is 13.2 Å². The van der Waals surface area contributed by atoms with Gasteiger partial charge in [-0.2, -0.15) is 13.2 Å². The number of hydrogen-bond donors (Lipinski definition) is 1. The van der Waals surface area contributed by atoms with Crippen LogP contribution in [0.15, 0.2) is 18.3 Å². The predicted molar refractivity (Wildman–Crippen MR) is 57.7 cm³/mol. The summed E-state index contributed by atoms with van der Waals surface area (Å²) < 4.78 is 36.8. The predicted octanol–water partition coefficient (Wildman–Crippen LogP) is 2.09. The van der Waals surface area contributed by atoms with Crippen molar-refractivity contribution in [3.63, 3.8) is 0 Å². The molecule has 0 aliphatic rings. The summed E-state index contributed by atoms with van der Waals surface area (Å²) in [6.07, 6.45) is -2.84. The van der Waals surface area contributed by atoms with Crippen LogP contribution < -0.4 is 0 Å². The van der Waals surface area contributed by atoms with E-state index in [-0.39, 0.29) is 24.8 Å². The molecule has 0 unspecified atom stereocenters. The smallest absolute Gasteiger partial charge is 0.395 e. The Hall–Kier alpha value is -0.850. The first-order valence-electron chi connectivity index (χ1n) is 4.92. The van der Waals surface area contributed by atoms with Crippen LogP contribution in [0.1, 0.15) is 5.56 Å². The van der Waals surface area contributed by atoms with E-state index in [2.05, 4.69) is 4.98 Å². The number of hydrogen-bond acceptors (Lipinski definition) is 3. The van der Waals surface area contributed by atoms with Crippen molar-refractivity contribution in [1.29, 1.82) is 0 Å². The Kier molecular flexibility index (Phi) is 5.17. The maximum atomic E-state index is 12.3. The molecule has 96 valence electrons. The Morgan fingerprint density at radius 2 is 2.12 bits per heavy atom. The zero-order valence-electron chi connectivity index (χ0n) is 8.91. The summed E-state index contributed by atoms with van der Waals surface area (Å²) in [5.41, 5.74) is 0.506. The Bertz CT molecular complexity index is 360. The molecule has 0 amide bonds. The number of alkyl halides is 3. The second-order valence-corrected chi connectivity index (χ2v) is 3.86. The van der Waals surface area contributed by atoms with Crippen molar-refractivity contribution in [2.45, 2.75) is 12.7 Å². The van der Waals surface area contributed by atoms with Gasteiger partial charge in [0.25, 0.3) is 0 Å². The highest BCUT2D eigenvalue weighted by atomic mass is 35.5. The SMILES string of the molecule is OCCN(Cc1cccnc1Cl)CC(F)(F)F. The van der Waals surface area contributed by atoms with Gasteiger partial charge in [0, 0.05) is 24.8 Å². The van der Waals surface area contributed by atoms with Gasteiger partial charge in [-0.15, -0.1) is 0 Å². The average Bonchev–Trinajstić information content (AvgIpc) is 2.19. The molecule has 0 bridgehead atoms. The van der Waals surface area contributed by atoms with Crippen LogP contribution in [0, 0.1) is 0 Å². The molecule has 1 rings (SSSR count). The number of aliphatic hydroxyl groups is 1. The van der Waals surface area contributed by atoms with E-state index in [1.165, 1.54) is 6.20 Å². The fourth-order valence-electron chi connectivity index (χ4n) is 1.39. The normalized spacial score (nSPS) is 12.1. The molecule has 0 radical (unpaired) electrons. The molecule has 1 heterocycles. The molecule has 0 saturated heterocycles. The van der Waals surface area contributed by atoms with Gasteiger partial charge in [0.2, 0.25) is 0 Å². The lowest BCUT2D eigenvalue weighted by atomic mass is 10.2. The van der Waals surface area contributed by atoms with Crippen LogP contribution in [0.25, 0.3) is 0 Å². The molecule has 17 heavy (non-hydrogen) atoms. The third kappa shape index (κ3) is 5.34. The molecule has 0 aliphatic carbocycles. The summed E-state index contributed by atoms with van der Waals surface area (Å²) >= 11 is 5.76. The van der Waals surface area contributed by atoms with Crippen LogP contribution in [0.5, 0.6) is 0 Å². The van der Waals surface area contributed by atoms with E-state index in [0.717, 1.165) is 4.90 Å². The molecule has 0 aromatic carbocycles. The van der Waals surface area contributed by atoms with Gasteiger partial charge >= 0.3 is 6.18 Å². The summed E-state index contributed by atoms with van der Waals surface area (Å²) in [7, 11) is 0. The van der Waals surface area contributed by atoms with Crippen molar-refractivity contribution >= 4 is 11.6 Å². The van der Waals surface area contributed by atoms with Crippen LogP contribution in [-0.4, -0.2) is 40.9 Å². The molecule has 0 atom stereocenters. The minimum Gasteiger partial charge on any atom is -0.395 e. The molecule has 7 heteroatoms. The maximum Gasteiger partial charge on any atom is 0.401 e. The molecular formula is C10H12ClF3N2O. The molecule has 0 saturated carbocycles. The highest BCUT2D eigenvalue weighted by molar-refractivity contribution is 6.30. The van der Waals surface area contributed by atoms with Crippen molar-refractivity contribution in [3.8, 4) is 0 Å². The zero-order chi connectivity index (χ0) is 12.9. The van der Waals surface area contributed by atoms with Crippen molar-refractivity contribution in [1.82, 2.24) is 9.88 Å². The quantitative estimate of drug-likeness (QED) is 0.831. The second-order valence-electron chi connectivity index (χ2n) is 3.50. The molecule has 0 fully saturated rings. The standard InChI is InChI=1S/C10H12ClF3N2O/c11-9-8(2-1-3-15-9)6-16(4-5-17)7-10(12,13)14/h1-3,17H,4-7H2. The van der Waals surface area contributed by atoms with Gasteiger partial charge in [-0.3, -0.25) is 4.90 Å². The third-order valence-corrected chi connectivity index (χ3v) is 2.39. The minimum absolute atomic E-state index is 0.00669. The molecule has 3 nitrogen and oxygen atoms in total. The first kappa shape index (κ1) is 14.2. The Morgan fingerprint density at radius 3 is 2.65 bits per heavy atom. The number of halogens is 4. The van der Waals surface area contributed by atoms with E-state index in [9.17, 15) is 13.2 Å². The minimum atomic E-state index is -4.30. The lowest BCUT2D eigenvalue weighted by Crippen LogP contribution is -2.35. The summed E-state index contributed by atoms with van der Waals surface area (Å²) in [5.74, 6) is 0. The molecular weight excluding hydrogens is 257 g/mol. The van der Waals surface area contributed by atoms with Crippen molar-refractivity contribution in [3.05, 3.63) is 29.0 Å². The lowest BCUT2D eigenvalue weighted by Gasteiger charge is -2.22. The number of pyridine rings is 1. The molecule has 1 aromatic heterocycles. The Labute approximate surface area is 102 Å². The van der Waals surface area contributed by atoms with E-state index >= 15 is 0 Å². The largest absolute Gasteiger partial charge is 0.401 e. The highest BCUT2D eigenvalue weighted by Gasteiger charge is 2.30. The molecule has 0 aliphatic heterocycles. The average molecular weight is 269 g/mol. The highest BCUT2D eigenvalue weighted by Crippen LogP contribution is 2.19. The fraction of sp³-hybridized carbons (Fsp3) is 0.500. The fourth-order valence-corrected chi connectivity index (χ4v) is 1.57. The first-order chi connectivity index (χ1) is 7.92. The van der Waals surface area contributed by atoms with Crippen LogP contribution in [-0.2, 0) is 6.54 Å². The van der Waals surface area contributed by atoms with Crippen molar-refractivity contribution < 1.29 is 18.3 Å². The Balaban J connectivity index is 2.70. The maximum absolute atomic E-state index is 12.3. The van der Waals surface area contributed by atoms with Crippen molar-refractivity contribution in [2.24, 2.45) is 0 Å². The number of nitrogens with zero attached hydrogens (tertiary/aromatic N) is 2. The van der Waals surface area contributed by atoms with Crippen LogP contribution in [0.2, 0.25) is 5.15 Å². The van der Waals surface area contributed by atoms with E-state index in [4.69, 9.17) is 16.7 Å².